The summed E-state index contributed by atoms with van der Waals surface area (Å²) >= 11 is 0.927. The number of carbonyl (C=O) groups is 5. The second kappa shape index (κ2) is 11.1. The first-order chi connectivity index (χ1) is 18.9. The Morgan fingerprint density at radius 1 is 1.20 bits per heavy atom. The van der Waals surface area contributed by atoms with Crippen molar-refractivity contribution >= 4 is 67.9 Å². The molecule has 0 spiro atoms. The molecule has 2 heterocycles. The number of nitrogen functional groups attached to an aromatic ring is 1. The Morgan fingerprint density at radius 3 is 2.37 bits per heavy atom. The fourth-order valence-electron chi connectivity index (χ4n) is 2.92. The summed E-state index contributed by atoms with van der Waals surface area (Å²) in [6.45, 7) is 1.80. The van der Waals surface area contributed by atoms with Crippen LogP contribution in [0.2, 0.25) is 0 Å². The number of oxime groups is 1. The van der Waals surface area contributed by atoms with E-state index in [0.717, 1.165) is 25.2 Å². The maximum Gasteiger partial charge on any atom is 0.350 e. The number of anilines is 2. The summed E-state index contributed by atoms with van der Waals surface area (Å²) in [5.74, 6) is -6.91. The monoisotopic (exact) mass is 615 g/mol. The molecule has 1 aliphatic rings. The van der Waals surface area contributed by atoms with E-state index in [9.17, 15) is 52.8 Å². The number of hydrogen-bond donors (Lipinski definition) is 8. The number of rotatable bonds is 10. The van der Waals surface area contributed by atoms with E-state index < -0.39 is 86.6 Å². The standard InChI is InChI=1S/C20H21N7O12S2/c1-20(2,17(34)35)39-24-13(10-6-40-18(21)23-10)14(30)22-9-5-27(15(9)31)19(36)26-41(37,38)25-8-4-12(29)11(28)3-7(8)16(32)33/h3-4,6,9,25,28-29H,5H2,1-2H3,(H2,21,23)(H,22,30)(H,26,36)(H,32,33)(H,34,35)/t9-/m0/s1. The number of hydrogen-bond acceptors (Lipinski definition) is 14. The molecule has 1 aliphatic heterocycles. The van der Waals surface area contributed by atoms with Crippen molar-refractivity contribution in [2.24, 2.45) is 5.16 Å². The third-order valence-corrected chi connectivity index (χ3v) is 6.76. The number of carboxylic acids is 2. The highest BCUT2D eigenvalue weighted by atomic mass is 32.2. The maximum absolute atomic E-state index is 12.8. The van der Waals surface area contributed by atoms with Gasteiger partial charge in [0.2, 0.25) is 5.60 Å². The molecular weight excluding hydrogens is 594 g/mol. The number of nitrogens with two attached hydrogens (primary N) is 1. The predicted octanol–water partition coefficient (Wildman–Crippen LogP) is -1.19. The van der Waals surface area contributed by atoms with Crippen LogP contribution in [0, 0.1) is 0 Å². The number of aromatic nitrogens is 1. The largest absolute Gasteiger partial charge is 0.504 e. The lowest BCUT2D eigenvalue weighted by Crippen LogP contribution is -2.68. The molecule has 9 N–H and O–H groups in total. The lowest BCUT2D eigenvalue weighted by atomic mass is 10.1. The number of β-lactam (4-membered cyclic amide) rings is 1. The number of aromatic carboxylic acids is 1. The van der Waals surface area contributed by atoms with Crippen LogP contribution in [-0.4, -0.2) is 92.4 Å². The van der Waals surface area contributed by atoms with Gasteiger partial charge in [-0.05, 0) is 13.8 Å². The van der Waals surface area contributed by atoms with Crippen LogP contribution in [0.4, 0.5) is 15.6 Å². The second-order valence-electron chi connectivity index (χ2n) is 8.60. The number of aromatic hydroxyl groups is 2. The smallest absolute Gasteiger partial charge is 0.350 e. The average molecular weight is 616 g/mol. The van der Waals surface area contributed by atoms with E-state index in [2.05, 4.69) is 15.5 Å². The number of imide groups is 1. The Hall–Kier alpha value is -5.18. The lowest BCUT2D eigenvalue weighted by Gasteiger charge is -2.36. The summed E-state index contributed by atoms with van der Waals surface area (Å²) in [6.07, 6.45) is 0. The minimum absolute atomic E-state index is 0.0355. The molecule has 41 heavy (non-hydrogen) atoms. The molecule has 1 aromatic carbocycles. The van der Waals surface area contributed by atoms with E-state index in [1.165, 1.54) is 10.1 Å². The Labute approximate surface area is 233 Å². The second-order valence-corrected chi connectivity index (χ2v) is 10.9. The minimum atomic E-state index is -4.87. The van der Waals surface area contributed by atoms with Crippen LogP contribution in [-0.2, 0) is 29.4 Å². The summed E-state index contributed by atoms with van der Waals surface area (Å²) in [7, 11) is -4.87. The Morgan fingerprint density at radius 2 is 1.83 bits per heavy atom. The number of likely N-dealkylation sites (tertiary alicyclic amines) is 1. The SMILES string of the molecule is CC(C)(ON=C(C(=O)N[C@H]1CN(C(=O)NS(=O)(=O)Nc2cc(O)c(O)cc2C(=O)O)C1=O)c1csc(N)n1)C(=O)O. The van der Waals surface area contributed by atoms with Crippen LogP contribution in [0.15, 0.2) is 22.7 Å². The number of amides is 4. The molecule has 21 heteroatoms. The average Bonchev–Trinajstić information content (AvgIpc) is 3.28. The van der Waals surface area contributed by atoms with Crippen LogP contribution < -0.4 is 20.5 Å². The highest BCUT2D eigenvalue weighted by Gasteiger charge is 2.44. The molecule has 4 amide bonds. The van der Waals surface area contributed by atoms with E-state index in [1.54, 1.807) is 4.72 Å². The molecule has 0 unspecified atom stereocenters. The van der Waals surface area contributed by atoms with E-state index in [4.69, 9.17) is 10.6 Å². The Balaban J connectivity index is 1.68. The number of carbonyl (C=O) groups excluding carboxylic acids is 3. The molecular formula is C20H21N7O12S2. The van der Waals surface area contributed by atoms with Gasteiger partial charge in [-0.25, -0.2) is 24.1 Å². The zero-order chi connectivity index (χ0) is 30.9. The summed E-state index contributed by atoms with van der Waals surface area (Å²) in [5, 5.41) is 44.5. The van der Waals surface area contributed by atoms with Gasteiger partial charge >= 0.3 is 28.2 Å². The van der Waals surface area contributed by atoms with Crippen LogP contribution in [0.5, 0.6) is 11.5 Å². The number of aliphatic carboxylic acids is 1. The molecule has 0 radical (unpaired) electrons. The minimum Gasteiger partial charge on any atom is -0.504 e. The van der Waals surface area contributed by atoms with Crippen molar-refractivity contribution in [3.63, 3.8) is 0 Å². The number of nitrogens with zero attached hydrogens (tertiary/aromatic N) is 3. The maximum atomic E-state index is 12.8. The fourth-order valence-corrected chi connectivity index (χ4v) is 4.32. The van der Waals surface area contributed by atoms with Gasteiger partial charge in [-0.1, -0.05) is 5.16 Å². The van der Waals surface area contributed by atoms with Gasteiger partial charge in [0.25, 0.3) is 11.8 Å². The number of carboxylic acid groups (broad SMARTS) is 2. The third-order valence-electron chi connectivity index (χ3n) is 5.15. The molecule has 0 bridgehead atoms. The van der Waals surface area contributed by atoms with Gasteiger partial charge < -0.3 is 36.3 Å². The molecule has 0 aliphatic carbocycles. The summed E-state index contributed by atoms with van der Waals surface area (Å²) in [6, 6.07) is -1.67. The fraction of sp³-hybridized carbons (Fsp3) is 0.250. The lowest BCUT2D eigenvalue weighted by molar-refractivity contribution is -0.161. The molecule has 220 valence electrons. The van der Waals surface area contributed by atoms with Crippen molar-refractivity contribution < 1.29 is 57.7 Å². The van der Waals surface area contributed by atoms with E-state index in [1.807, 2.05) is 0 Å². The number of nitrogens with one attached hydrogen (secondary N) is 3. The van der Waals surface area contributed by atoms with Crippen molar-refractivity contribution in [3.8, 4) is 11.5 Å². The Bertz CT molecular complexity index is 1580. The predicted molar refractivity (Wildman–Crippen MR) is 137 cm³/mol. The zero-order valence-corrected chi connectivity index (χ0v) is 22.4. The van der Waals surface area contributed by atoms with Crippen LogP contribution in [0.25, 0.3) is 0 Å². The number of phenolic OH excluding ortho intramolecular Hbond substituents is 2. The molecule has 3 rings (SSSR count). The van der Waals surface area contributed by atoms with E-state index >= 15 is 0 Å². The molecule has 1 atom stereocenters. The quantitative estimate of drug-likeness (QED) is 0.0513. The normalized spacial score (nSPS) is 15.5. The van der Waals surface area contributed by atoms with E-state index in [-0.39, 0.29) is 10.8 Å². The topological polar surface area (TPSA) is 300 Å². The first kappa shape index (κ1) is 30.4. The van der Waals surface area contributed by atoms with Gasteiger partial charge in [0.15, 0.2) is 22.3 Å². The first-order valence-electron chi connectivity index (χ1n) is 10.9. The van der Waals surface area contributed by atoms with Crippen molar-refractivity contribution in [1.29, 1.82) is 0 Å². The van der Waals surface area contributed by atoms with Gasteiger partial charge in [-0.3, -0.25) is 19.2 Å². The first-order valence-corrected chi connectivity index (χ1v) is 13.2. The molecule has 0 saturated carbocycles. The van der Waals surface area contributed by atoms with Gasteiger partial charge in [-0.2, -0.15) is 8.42 Å². The van der Waals surface area contributed by atoms with Gasteiger partial charge in [0.1, 0.15) is 11.7 Å². The summed E-state index contributed by atoms with van der Waals surface area (Å²) in [5.41, 5.74) is 1.59. The van der Waals surface area contributed by atoms with Gasteiger partial charge in [-0.15, -0.1) is 11.3 Å². The Kier molecular flexibility index (Phi) is 8.24. The van der Waals surface area contributed by atoms with Crippen LogP contribution in [0.1, 0.15) is 29.9 Å². The molecule has 1 fully saturated rings. The number of urea groups is 1. The van der Waals surface area contributed by atoms with E-state index in [0.29, 0.717) is 17.0 Å². The number of thiazole rings is 1. The van der Waals surface area contributed by atoms with Gasteiger partial charge in [0.05, 0.1) is 17.8 Å². The molecule has 2 aromatic rings. The highest BCUT2D eigenvalue weighted by Crippen LogP contribution is 2.32. The van der Waals surface area contributed by atoms with Crippen molar-refractivity contribution in [1.82, 2.24) is 19.9 Å². The van der Waals surface area contributed by atoms with Crippen molar-refractivity contribution in [3.05, 3.63) is 28.8 Å². The van der Waals surface area contributed by atoms with Crippen molar-refractivity contribution in [2.75, 3.05) is 17.0 Å². The number of benzene rings is 1. The van der Waals surface area contributed by atoms with Crippen LogP contribution in [0.3, 0.4) is 0 Å². The zero-order valence-electron chi connectivity index (χ0n) is 20.8. The van der Waals surface area contributed by atoms with Crippen LogP contribution >= 0.6 is 11.3 Å². The van der Waals surface area contributed by atoms with Gasteiger partial charge in [0, 0.05) is 17.5 Å². The third kappa shape index (κ3) is 6.88. The molecule has 1 aromatic heterocycles. The summed E-state index contributed by atoms with van der Waals surface area (Å²) < 4.78 is 27.9. The summed E-state index contributed by atoms with van der Waals surface area (Å²) in [4.78, 5) is 69.5. The van der Waals surface area contributed by atoms with Crippen molar-refractivity contribution in [2.45, 2.75) is 25.5 Å². The molecule has 19 nitrogen and oxygen atoms in total. The number of phenols is 2. The molecule has 1 saturated heterocycles. The highest BCUT2D eigenvalue weighted by molar-refractivity contribution is 7.91.